The second kappa shape index (κ2) is 9.51. The van der Waals surface area contributed by atoms with Gasteiger partial charge in [-0.1, -0.05) is 23.7 Å². The van der Waals surface area contributed by atoms with Crippen molar-refractivity contribution in [3.05, 3.63) is 34.9 Å². The second-order valence-electron chi connectivity index (χ2n) is 6.23. The molecule has 3 N–H and O–H groups in total. The van der Waals surface area contributed by atoms with E-state index in [-0.39, 0.29) is 25.6 Å². The fourth-order valence-electron chi connectivity index (χ4n) is 3.35. The molecule has 1 aromatic rings. The Bertz CT molecular complexity index is 765. The van der Waals surface area contributed by atoms with E-state index in [4.69, 9.17) is 16.3 Å². The highest BCUT2D eigenvalue weighted by Gasteiger charge is 2.47. The molecule has 3 unspecified atom stereocenters. The van der Waals surface area contributed by atoms with Gasteiger partial charge in [-0.15, -0.1) is 12.4 Å². The van der Waals surface area contributed by atoms with Crippen LogP contribution in [-0.4, -0.2) is 56.9 Å². The molecule has 0 spiro atoms. The zero-order chi connectivity index (χ0) is 18.7. The number of hydrazine groups is 1. The minimum atomic E-state index is -3.81. The van der Waals surface area contributed by atoms with E-state index in [0.717, 1.165) is 5.56 Å². The predicted octanol–water partition coefficient (Wildman–Crippen LogP) is 0.651. The number of nitrogens with one attached hydrogen (secondary N) is 3. The maximum atomic E-state index is 13.3. The van der Waals surface area contributed by atoms with Gasteiger partial charge < -0.3 is 10.1 Å². The molecular weight excluding hydrogens is 415 g/mol. The summed E-state index contributed by atoms with van der Waals surface area (Å²) in [5.41, 5.74) is 6.33. The highest BCUT2D eigenvalue weighted by atomic mass is 35.5. The van der Waals surface area contributed by atoms with Gasteiger partial charge in [-0.25, -0.2) is 13.8 Å². The minimum Gasteiger partial charge on any atom is -0.466 e. The van der Waals surface area contributed by atoms with Crippen LogP contribution < -0.4 is 16.2 Å². The number of benzene rings is 1. The maximum Gasteiger partial charge on any atom is 0.313 e. The SMILES string of the molecule is CCOC(=O)C1CNNC1S(=O)(=O)N1CCNCC1c1cccc(Cl)c1.Cl. The van der Waals surface area contributed by atoms with Gasteiger partial charge in [0.05, 0.1) is 12.6 Å². The number of esters is 1. The topological polar surface area (TPSA) is 99.8 Å². The third-order valence-electron chi connectivity index (χ3n) is 4.60. The molecule has 2 heterocycles. The summed E-state index contributed by atoms with van der Waals surface area (Å²) < 4.78 is 33.1. The first-order valence-electron chi connectivity index (χ1n) is 8.57. The van der Waals surface area contributed by atoms with Crippen LogP contribution in [0, 0.1) is 5.92 Å². The largest absolute Gasteiger partial charge is 0.466 e. The average molecular weight is 439 g/mol. The first-order chi connectivity index (χ1) is 12.4. The lowest BCUT2D eigenvalue weighted by Gasteiger charge is -2.37. The molecule has 0 saturated carbocycles. The van der Waals surface area contributed by atoms with Crippen molar-refractivity contribution in [2.45, 2.75) is 18.3 Å². The summed E-state index contributed by atoms with van der Waals surface area (Å²) in [5, 5.41) is 2.71. The number of nitrogens with zero attached hydrogens (tertiary/aromatic N) is 1. The monoisotopic (exact) mass is 438 g/mol. The Morgan fingerprint density at radius 1 is 1.37 bits per heavy atom. The molecule has 152 valence electrons. The summed E-state index contributed by atoms with van der Waals surface area (Å²) in [4.78, 5) is 12.2. The molecule has 0 aromatic heterocycles. The van der Waals surface area contributed by atoms with Crippen molar-refractivity contribution >= 4 is 40.0 Å². The quantitative estimate of drug-likeness (QED) is 0.580. The summed E-state index contributed by atoms with van der Waals surface area (Å²) in [6.45, 7) is 3.44. The average Bonchev–Trinajstić information content (AvgIpc) is 3.13. The fraction of sp³-hybridized carbons (Fsp3) is 0.562. The smallest absolute Gasteiger partial charge is 0.313 e. The second-order valence-corrected chi connectivity index (χ2v) is 8.68. The Balaban J connectivity index is 0.00000261. The van der Waals surface area contributed by atoms with Gasteiger partial charge in [0.1, 0.15) is 5.92 Å². The molecule has 1 aromatic carbocycles. The van der Waals surface area contributed by atoms with E-state index < -0.39 is 33.3 Å². The number of hydrogen-bond donors (Lipinski definition) is 3. The van der Waals surface area contributed by atoms with Crippen LogP contribution >= 0.6 is 24.0 Å². The van der Waals surface area contributed by atoms with E-state index in [2.05, 4.69) is 16.2 Å². The van der Waals surface area contributed by atoms with Crippen molar-refractivity contribution in [3.8, 4) is 0 Å². The number of carbonyl (C=O) groups excluding carboxylic acids is 1. The Labute approximate surface area is 170 Å². The Morgan fingerprint density at radius 3 is 2.85 bits per heavy atom. The molecule has 0 aliphatic carbocycles. The van der Waals surface area contributed by atoms with Crippen LogP contribution in [0.25, 0.3) is 0 Å². The molecule has 11 heteroatoms. The van der Waals surface area contributed by atoms with Crippen molar-refractivity contribution in [2.24, 2.45) is 5.92 Å². The van der Waals surface area contributed by atoms with Crippen LogP contribution in [-0.2, 0) is 19.6 Å². The van der Waals surface area contributed by atoms with E-state index >= 15 is 0 Å². The molecule has 2 saturated heterocycles. The summed E-state index contributed by atoms with van der Waals surface area (Å²) in [6, 6.07) is 6.78. The molecule has 0 amide bonds. The van der Waals surface area contributed by atoms with Crippen LogP contribution in [0.5, 0.6) is 0 Å². The summed E-state index contributed by atoms with van der Waals surface area (Å²) >= 11 is 6.08. The number of rotatable bonds is 5. The number of hydrogen-bond acceptors (Lipinski definition) is 7. The number of carbonyl (C=O) groups is 1. The molecule has 3 rings (SSSR count). The third-order valence-corrected chi connectivity index (χ3v) is 7.01. The lowest BCUT2D eigenvalue weighted by Crippen LogP contribution is -2.55. The molecular formula is C16H24Cl2N4O4S. The lowest BCUT2D eigenvalue weighted by atomic mass is 10.1. The standard InChI is InChI=1S/C16H23ClN4O4S.ClH/c1-2-25-16(22)13-9-19-20-15(13)26(23,24)21-7-6-18-10-14(21)11-4-3-5-12(17)8-11;/h3-5,8,13-15,18-20H,2,6-7,9-10H2,1H3;1H. The van der Waals surface area contributed by atoms with E-state index in [1.807, 2.05) is 6.07 Å². The molecule has 2 fully saturated rings. The van der Waals surface area contributed by atoms with Gasteiger partial charge >= 0.3 is 5.97 Å². The van der Waals surface area contributed by atoms with Crippen molar-refractivity contribution in [3.63, 3.8) is 0 Å². The van der Waals surface area contributed by atoms with E-state index in [0.29, 0.717) is 24.7 Å². The predicted molar refractivity (Wildman–Crippen MR) is 105 cm³/mol. The molecule has 2 aliphatic rings. The van der Waals surface area contributed by atoms with Gasteiger partial charge in [-0.2, -0.15) is 4.31 Å². The summed E-state index contributed by atoms with van der Waals surface area (Å²) in [6.07, 6.45) is 0. The first kappa shape index (κ1) is 22.4. The van der Waals surface area contributed by atoms with Crippen molar-refractivity contribution in [1.82, 2.24) is 20.5 Å². The molecule has 2 aliphatic heterocycles. The van der Waals surface area contributed by atoms with Crippen LogP contribution in [0.1, 0.15) is 18.5 Å². The minimum absolute atomic E-state index is 0. The Hall–Kier alpha value is -0.940. The maximum absolute atomic E-state index is 13.3. The van der Waals surface area contributed by atoms with Crippen molar-refractivity contribution < 1.29 is 17.9 Å². The fourth-order valence-corrected chi connectivity index (χ4v) is 5.59. The van der Waals surface area contributed by atoms with Gasteiger partial charge in [0, 0.05) is 31.2 Å². The summed E-state index contributed by atoms with van der Waals surface area (Å²) in [7, 11) is -3.81. The van der Waals surface area contributed by atoms with Crippen LogP contribution in [0.4, 0.5) is 0 Å². The van der Waals surface area contributed by atoms with Gasteiger partial charge in [-0.3, -0.25) is 10.2 Å². The molecule has 27 heavy (non-hydrogen) atoms. The zero-order valence-corrected chi connectivity index (χ0v) is 17.2. The van der Waals surface area contributed by atoms with Crippen molar-refractivity contribution in [1.29, 1.82) is 0 Å². The normalized spacial score (nSPS) is 26.4. The van der Waals surface area contributed by atoms with E-state index in [9.17, 15) is 13.2 Å². The molecule has 8 nitrogen and oxygen atoms in total. The first-order valence-corrected chi connectivity index (χ1v) is 10.4. The molecule has 0 bridgehead atoms. The van der Waals surface area contributed by atoms with Gasteiger partial charge in [0.25, 0.3) is 0 Å². The molecule has 3 atom stereocenters. The highest BCUT2D eigenvalue weighted by Crippen LogP contribution is 2.30. The number of sulfonamides is 1. The van der Waals surface area contributed by atoms with Crippen LogP contribution in [0.2, 0.25) is 5.02 Å². The van der Waals surface area contributed by atoms with Crippen LogP contribution in [0.3, 0.4) is 0 Å². The number of ether oxygens (including phenoxy) is 1. The lowest BCUT2D eigenvalue weighted by molar-refractivity contribution is -0.147. The van der Waals surface area contributed by atoms with Gasteiger partial charge in [0.15, 0.2) is 5.37 Å². The zero-order valence-electron chi connectivity index (χ0n) is 14.9. The highest BCUT2D eigenvalue weighted by molar-refractivity contribution is 7.89. The summed E-state index contributed by atoms with van der Waals surface area (Å²) in [5.74, 6) is -1.32. The van der Waals surface area contributed by atoms with Crippen LogP contribution in [0.15, 0.2) is 24.3 Å². The van der Waals surface area contributed by atoms with E-state index in [1.54, 1.807) is 25.1 Å². The Morgan fingerprint density at radius 2 is 2.15 bits per heavy atom. The van der Waals surface area contributed by atoms with Gasteiger partial charge in [-0.05, 0) is 24.6 Å². The number of piperazine rings is 1. The third kappa shape index (κ3) is 4.73. The van der Waals surface area contributed by atoms with Gasteiger partial charge in [0.2, 0.25) is 10.0 Å². The Kier molecular flexibility index (Phi) is 7.87. The number of halogens is 2. The van der Waals surface area contributed by atoms with E-state index in [1.165, 1.54) is 4.31 Å². The van der Waals surface area contributed by atoms with Crippen molar-refractivity contribution in [2.75, 3.05) is 32.8 Å². The molecule has 0 radical (unpaired) electrons.